The van der Waals surface area contributed by atoms with Crippen molar-refractivity contribution in [1.29, 1.82) is 0 Å². The average molecular weight is 392 g/mol. The summed E-state index contributed by atoms with van der Waals surface area (Å²) < 4.78 is 1.50. The molecule has 2 nitrogen and oxygen atoms in total. The summed E-state index contributed by atoms with van der Waals surface area (Å²) in [7, 11) is 0. The molecule has 1 aromatic rings. The topological polar surface area (TPSA) is 20.3 Å². The fraction of sp³-hybridized carbons (Fsp3) is 0.643. The van der Waals surface area contributed by atoms with E-state index in [-0.39, 0.29) is 0 Å². The molecule has 2 saturated heterocycles. The highest BCUT2D eigenvalue weighted by atomic mass is 79.9. The van der Waals surface area contributed by atoms with Crippen molar-refractivity contribution in [2.24, 2.45) is 0 Å². The molecule has 110 valence electrons. The Labute approximate surface area is 141 Å². The fourth-order valence-corrected chi connectivity index (χ4v) is 7.56. The summed E-state index contributed by atoms with van der Waals surface area (Å²) in [4.78, 5) is 15.7. The highest BCUT2D eigenvalue weighted by Gasteiger charge is 2.37. The van der Waals surface area contributed by atoms with E-state index in [1.54, 1.807) is 11.3 Å². The molecule has 0 aliphatic carbocycles. The minimum atomic E-state index is 0.296. The lowest BCUT2D eigenvalue weighted by Crippen LogP contribution is -2.33. The number of hydrogen-bond donors (Lipinski definition) is 0. The van der Waals surface area contributed by atoms with Gasteiger partial charge in [-0.3, -0.25) is 4.79 Å². The van der Waals surface area contributed by atoms with Gasteiger partial charge in [-0.05, 0) is 41.3 Å². The number of likely N-dealkylation sites (tertiary alicyclic amines) is 1. The first-order valence-electron chi connectivity index (χ1n) is 6.95. The molecule has 2 aliphatic heterocycles. The van der Waals surface area contributed by atoms with Gasteiger partial charge in [-0.15, -0.1) is 34.9 Å². The molecule has 0 radical (unpaired) electrons. The number of rotatable bonds is 2. The largest absolute Gasteiger partial charge is 0.342 e. The molecule has 0 aromatic carbocycles. The predicted molar refractivity (Wildman–Crippen MR) is 93.8 cm³/mol. The number of carbonyl (C=O) groups is 1. The molecule has 2 aliphatic rings. The van der Waals surface area contributed by atoms with Crippen LogP contribution in [0.2, 0.25) is 0 Å². The Morgan fingerprint density at radius 3 is 2.80 bits per heavy atom. The van der Waals surface area contributed by atoms with Crippen LogP contribution in [-0.4, -0.2) is 39.5 Å². The molecule has 0 bridgehead atoms. The smallest absolute Gasteiger partial charge is 0.227 e. The summed E-state index contributed by atoms with van der Waals surface area (Å²) in [5, 5.41) is 2.05. The van der Waals surface area contributed by atoms with Crippen LogP contribution < -0.4 is 0 Å². The normalized spacial score (nSPS) is 22.1. The van der Waals surface area contributed by atoms with Crippen LogP contribution in [0.15, 0.2) is 15.9 Å². The Bertz CT molecular complexity index is 485. The maximum absolute atomic E-state index is 12.4. The summed E-state index contributed by atoms with van der Waals surface area (Å²) in [6, 6.07) is 2.06. The Balaban J connectivity index is 1.58. The Morgan fingerprint density at radius 1 is 1.30 bits per heavy atom. The maximum Gasteiger partial charge on any atom is 0.227 e. The van der Waals surface area contributed by atoms with E-state index in [4.69, 9.17) is 0 Å². The van der Waals surface area contributed by atoms with E-state index in [0.29, 0.717) is 16.4 Å². The first kappa shape index (κ1) is 15.3. The van der Waals surface area contributed by atoms with Gasteiger partial charge < -0.3 is 4.90 Å². The number of carbonyl (C=O) groups excluding carboxylic acids is 1. The van der Waals surface area contributed by atoms with Crippen LogP contribution in [0.4, 0.5) is 0 Å². The molecular weight excluding hydrogens is 374 g/mol. The summed E-state index contributed by atoms with van der Waals surface area (Å²) in [5.74, 6) is 2.85. The van der Waals surface area contributed by atoms with Gasteiger partial charge in [0.25, 0.3) is 0 Å². The number of amides is 1. The molecule has 1 amide bonds. The first-order valence-corrected chi connectivity index (χ1v) is 10.6. The lowest BCUT2D eigenvalue weighted by atomic mass is 10.2. The summed E-state index contributed by atoms with van der Waals surface area (Å²) >= 11 is 9.36. The van der Waals surface area contributed by atoms with Crippen molar-refractivity contribution in [2.75, 3.05) is 24.6 Å². The van der Waals surface area contributed by atoms with Crippen molar-refractivity contribution in [3.63, 3.8) is 0 Å². The van der Waals surface area contributed by atoms with Crippen LogP contribution in [0.1, 0.15) is 24.1 Å². The molecule has 3 heterocycles. The molecule has 0 atom stereocenters. The van der Waals surface area contributed by atoms with Crippen molar-refractivity contribution in [3.05, 3.63) is 20.8 Å². The monoisotopic (exact) mass is 391 g/mol. The van der Waals surface area contributed by atoms with E-state index in [2.05, 4.69) is 50.4 Å². The molecule has 0 unspecified atom stereocenters. The van der Waals surface area contributed by atoms with E-state index >= 15 is 0 Å². The third-order valence-corrected chi connectivity index (χ3v) is 9.21. The summed E-state index contributed by atoms with van der Waals surface area (Å²) in [5.41, 5.74) is 0. The molecule has 1 aromatic heterocycles. The lowest BCUT2D eigenvalue weighted by molar-refractivity contribution is -0.130. The third-order valence-electron chi connectivity index (χ3n) is 3.86. The van der Waals surface area contributed by atoms with Crippen LogP contribution in [0.25, 0.3) is 0 Å². The lowest BCUT2D eigenvalue weighted by Gasteiger charge is -2.25. The van der Waals surface area contributed by atoms with Gasteiger partial charge in [-0.25, -0.2) is 0 Å². The minimum absolute atomic E-state index is 0.296. The Hall–Kier alpha value is 0.350. The number of halogens is 1. The zero-order valence-corrected chi connectivity index (χ0v) is 15.3. The highest BCUT2D eigenvalue weighted by Crippen LogP contribution is 2.50. The number of hydrogen-bond acceptors (Lipinski definition) is 4. The quantitative estimate of drug-likeness (QED) is 0.751. The first-order chi connectivity index (χ1) is 9.67. The van der Waals surface area contributed by atoms with E-state index in [9.17, 15) is 4.79 Å². The second-order valence-corrected chi connectivity index (χ2v) is 10.4. The molecular formula is C14H18BrNOS3. The predicted octanol–water partition coefficient (Wildman–Crippen LogP) is 4.24. The molecule has 0 saturated carbocycles. The van der Waals surface area contributed by atoms with Crippen molar-refractivity contribution < 1.29 is 4.79 Å². The number of thiophene rings is 1. The fourth-order valence-electron chi connectivity index (χ4n) is 2.82. The molecule has 2 fully saturated rings. The van der Waals surface area contributed by atoms with Crippen molar-refractivity contribution in [3.8, 4) is 0 Å². The standard InChI is InChI=1S/C14H18BrNOS3/c15-11-8-12(18-10-11)9-13(17)16-4-1-2-14(3-5-16)19-6-7-20-14/h8,10H,1-7,9H2. The van der Waals surface area contributed by atoms with Gasteiger partial charge in [0.15, 0.2) is 0 Å². The molecule has 20 heavy (non-hydrogen) atoms. The van der Waals surface area contributed by atoms with E-state index in [1.165, 1.54) is 17.9 Å². The van der Waals surface area contributed by atoms with Crippen LogP contribution in [0.5, 0.6) is 0 Å². The van der Waals surface area contributed by atoms with Crippen molar-refractivity contribution >= 4 is 56.7 Å². The van der Waals surface area contributed by atoms with E-state index in [1.807, 2.05) is 5.38 Å². The van der Waals surface area contributed by atoms with Crippen LogP contribution in [0, 0.1) is 0 Å². The zero-order chi connectivity index (χ0) is 14.0. The highest BCUT2D eigenvalue weighted by molar-refractivity contribution is 9.10. The molecule has 0 N–H and O–H groups in total. The third kappa shape index (κ3) is 3.57. The van der Waals surface area contributed by atoms with Gasteiger partial charge >= 0.3 is 0 Å². The van der Waals surface area contributed by atoms with Crippen LogP contribution in [0.3, 0.4) is 0 Å². The molecule has 3 rings (SSSR count). The Morgan fingerprint density at radius 2 is 2.10 bits per heavy atom. The second kappa shape index (κ2) is 6.63. The van der Waals surface area contributed by atoms with Gasteiger partial charge in [0.2, 0.25) is 5.91 Å². The average Bonchev–Trinajstić information content (AvgIpc) is 2.97. The molecule has 1 spiro atoms. The maximum atomic E-state index is 12.4. The second-order valence-electron chi connectivity index (χ2n) is 5.25. The van der Waals surface area contributed by atoms with Gasteiger partial charge in [-0.2, -0.15) is 0 Å². The van der Waals surface area contributed by atoms with Gasteiger partial charge in [-0.1, -0.05) is 0 Å². The van der Waals surface area contributed by atoms with Crippen LogP contribution in [-0.2, 0) is 11.2 Å². The van der Waals surface area contributed by atoms with Gasteiger partial charge in [0.1, 0.15) is 0 Å². The van der Waals surface area contributed by atoms with Gasteiger partial charge in [0.05, 0.1) is 10.5 Å². The number of nitrogens with zero attached hydrogens (tertiary/aromatic N) is 1. The SMILES string of the molecule is O=C(Cc1cc(Br)cs1)N1CCCC2(CC1)SCCS2. The Kier molecular flexibility index (Phi) is 5.06. The van der Waals surface area contributed by atoms with E-state index in [0.717, 1.165) is 35.3 Å². The van der Waals surface area contributed by atoms with Gasteiger partial charge in [0, 0.05) is 39.3 Å². The van der Waals surface area contributed by atoms with Crippen molar-refractivity contribution in [2.45, 2.75) is 29.8 Å². The minimum Gasteiger partial charge on any atom is -0.342 e. The molecule has 6 heteroatoms. The summed E-state index contributed by atoms with van der Waals surface area (Å²) in [6.07, 6.45) is 4.13. The van der Waals surface area contributed by atoms with E-state index < -0.39 is 0 Å². The number of thioether (sulfide) groups is 2. The van der Waals surface area contributed by atoms with Crippen molar-refractivity contribution in [1.82, 2.24) is 4.90 Å². The van der Waals surface area contributed by atoms with Crippen LogP contribution >= 0.6 is 50.8 Å². The summed E-state index contributed by atoms with van der Waals surface area (Å²) in [6.45, 7) is 1.87. The zero-order valence-electron chi connectivity index (χ0n) is 11.3.